The molecule has 0 heterocycles. The van der Waals surface area contributed by atoms with E-state index in [9.17, 15) is 18.0 Å². The molecule has 0 radical (unpaired) electrons. The van der Waals surface area contributed by atoms with Crippen LogP contribution in [0.5, 0.6) is 0 Å². The summed E-state index contributed by atoms with van der Waals surface area (Å²) in [6.45, 7) is 0. The van der Waals surface area contributed by atoms with Gasteiger partial charge in [0.05, 0.1) is 11.1 Å². The summed E-state index contributed by atoms with van der Waals surface area (Å²) in [6.07, 6.45) is -2.23. The molecule has 0 spiro atoms. The van der Waals surface area contributed by atoms with Crippen molar-refractivity contribution in [3.63, 3.8) is 0 Å². The van der Waals surface area contributed by atoms with E-state index in [1.165, 1.54) is 12.1 Å². The third-order valence-corrected chi connectivity index (χ3v) is 3.91. The summed E-state index contributed by atoms with van der Waals surface area (Å²) in [4.78, 5) is 12.0. The summed E-state index contributed by atoms with van der Waals surface area (Å²) < 4.78 is 39.1. The van der Waals surface area contributed by atoms with E-state index in [0.29, 0.717) is 6.42 Å². The van der Waals surface area contributed by atoms with E-state index in [0.717, 1.165) is 18.9 Å². The molecule has 7 heteroatoms. The summed E-state index contributed by atoms with van der Waals surface area (Å²) >= 11 is 2.98. The minimum absolute atomic E-state index is 0.191. The Morgan fingerprint density at radius 2 is 2.05 bits per heavy atom. The van der Waals surface area contributed by atoms with Crippen LogP contribution in [0.4, 0.5) is 13.2 Å². The van der Waals surface area contributed by atoms with Crippen molar-refractivity contribution in [2.45, 2.75) is 37.5 Å². The normalized spacial score (nSPS) is 22.9. The van der Waals surface area contributed by atoms with E-state index in [1.54, 1.807) is 0 Å². The molecular weight excluding hydrogens is 337 g/mol. The van der Waals surface area contributed by atoms with E-state index >= 15 is 0 Å². The molecule has 2 atom stereocenters. The summed E-state index contributed by atoms with van der Waals surface area (Å²) in [6, 6.07) is 3.04. The smallest absolute Gasteiger partial charge is 0.348 e. The molecule has 110 valence electrons. The standard InChI is InChI=1S/C13H14BrF3N2O/c14-7-4-5-8(9(6-7)13(15,16)17)12(20)19-11-3-1-2-10(11)18/h4-6,10-11H,1-3,18H2,(H,19,20). The maximum atomic E-state index is 13.0. The van der Waals surface area contributed by atoms with E-state index in [4.69, 9.17) is 5.73 Å². The van der Waals surface area contributed by atoms with Crippen molar-refractivity contribution in [2.24, 2.45) is 5.73 Å². The van der Waals surface area contributed by atoms with Crippen molar-refractivity contribution in [1.29, 1.82) is 0 Å². The Hall–Kier alpha value is -1.08. The highest BCUT2D eigenvalue weighted by Crippen LogP contribution is 2.34. The second-order valence-electron chi connectivity index (χ2n) is 4.86. The highest BCUT2D eigenvalue weighted by Gasteiger charge is 2.36. The minimum Gasteiger partial charge on any atom is -0.348 e. The highest BCUT2D eigenvalue weighted by atomic mass is 79.9. The van der Waals surface area contributed by atoms with Gasteiger partial charge in [-0.3, -0.25) is 4.79 Å². The van der Waals surface area contributed by atoms with Crippen LogP contribution in [0.3, 0.4) is 0 Å². The predicted octanol–water partition coefficient (Wildman–Crippen LogP) is 3.08. The number of rotatable bonds is 2. The van der Waals surface area contributed by atoms with Crippen LogP contribution in [-0.4, -0.2) is 18.0 Å². The fourth-order valence-electron chi connectivity index (χ4n) is 2.36. The molecule has 1 aliphatic carbocycles. The molecule has 0 aromatic heterocycles. The van der Waals surface area contributed by atoms with Crippen molar-refractivity contribution < 1.29 is 18.0 Å². The lowest BCUT2D eigenvalue weighted by Gasteiger charge is -2.19. The Balaban J connectivity index is 2.25. The Morgan fingerprint density at radius 3 is 2.60 bits per heavy atom. The number of carbonyl (C=O) groups excluding carboxylic acids is 1. The summed E-state index contributed by atoms with van der Waals surface area (Å²) in [7, 11) is 0. The van der Waals surface area contributed by atoms with Crippen LogP contribution in [-0.2, 0) is 6.18 Å². The Kier molecular flexibility index (Phi) is 4.39. The number of hydrogen-bond donors (Lipinski definition) is 2. The zero-order valence-corrected chi connectivity index (χ0v) is 12.1. The maximum Gasteiger partial charge on any atom is 0.417 e. The van der Waals surface area contributed by atoms with E-state index in [-0.39, 0.29) is 22.1 Å². The zero-order chi connectivity index (χ0) is 14.9. The fraction of sp³-hybridized carbons (Fsp3) is 0.462. The highest BCUT2D eigenvalue weighted by molar-refractivity contribution is 9.10. The van der Waals surface area contributed by atoms with Crippen LogP contribution in [0.25, 0.3) is 0 Å². The number of nitrogens with one attached hydrogen (secondary N) is 1. The summed E-state index contributed by atoms with van der Waals surface area (Å²) in [5.74, 6) is -0.729. The average Bonchev–Trinajstić information content (AvgIpc) is 2.73. The van der Waals surface area contributed by atoms with Gasteiger partial charge >= 0.3 is 6.18 Å². The minimum atomic E-state index is -4.58. The summed E-state index contributed by atoms with van der Waals surface area (Å²) in [5, 5.41) is 2.60. The number of benzene rings is 1. The van der Waals surface area contributed by atoms with E-state index in [2.05, 4.69) is 21.2 Å². The van der Waals surface area contributed by atoms with Crippen LogP contribution in [0.15, 0.2) is 22.7 Å². The van der Waals surface area contributed by atoms with Crippen LogP contribution in [0, 0.1) is 0 Å². The molecular formula is C13H14BrF3N2O. The van der Waals surface area contributed by atoms with Crippen molar-refractivity contribution in [2.75, 3.05) is 0 Å². The Morgan fingerprint density at radius 1 is 1.35 bits per heavy atom. The number of alkyl halides is 3. The molecule has 2 unspecified atom stereocenters. The third-order valence-electron chi connectivity index (χ3n) is 3.42. The Bertz CT molecular complexity index is 519. The van der Waals surface area contributed by atoms with Gasteiger partial charge in [-0.05, 0) is 37.5 Å². The molecule has 1 fully saturated rings. The van der Waals surface area contributed by atoms with Gasteiger partial charge in [-0.2, -0.15) is 13.2 Å². The van der Waals surface area contributed by atoms with Gasteiger partial charge < -0.3 is 11.1 Å². The molecule has 2 rings (SSSR count). The van der Waals surface area contributed by atoms with Gasteiger partial charge in [0.15, 0.2) is 0 Å². The predicted molar refractivity (Wildman–Crippen MR) is 72.2 cm³/mol. The number of halogens is 4. The zero-order valence-electron chi connectivity index (χ0n) is 10.5. The van der Waals surface area contributed by atoms with Crippen molar-refractivity contribution in [3.05, 3.63) is 33.8 Å². The first-order valence-corrected chi connectivity index (χ1v) is 7.01. The molecule has 1 amide bonds. The van der Waals surface area contributed by atoms with Gasteiger partial charge in [0.25, 0.3) is 5.91 Å². The fourth-order valence-corrected chi connectivity index (χ4v) is 2.72. The molecule has 1 aromatic rings. The molecule has 1 saturated carbocycles. The largest absolute Gasteiger partial charge is 0.417 e. The molecule has 1 aliphatic rings. The first-order valence-electron chi connectivity index (χ1n) is 6.22. The average molecular weight is 351 g/mol. The van der Waals surface area contributed by atoms with Crippen molar-refractivity contribution >= 4 is 21.8 Å². The van der Waals surface area contributed by atoms with Crippen LogP contribution >= 0.6 is 15.9 Å². The van der Waals surface area contributed by atoms with Gasteiger partial charge in [0, 0.05) is 16.6 Å². The lowest BCUT2D eigenvalue weighted by atomic mass is 10.1. The van der Waals surface area contributed by atoms with Crippen LogP contribution in [0.2, 0.25) is 0 Å². The second kappa shape index (κ2) is 5.73. The van der Waals surface area contributed by atoms with E-state index < -0.39 is 17.6 Å². The first-order chi connectivity index (χ1) is 9.29. The van der Waals surface area contributed by atoms with Gasteiger partial charge in [0.2, 0.25) is 0 Å². The quantitative estimate of drug-likeness (QED) is 0.861. The first kappa shape index (κ1) is 15.3. The number of hydrogen-bond acceptors (Lipinski definition) is 2. The number of amides is 1. The van der Waals surface area contributed by atoms with Crippen molar-refractivity contribution in [3.8, 4) is 0 Å². The monoisotopic (exact) mass is 350 g/mol. The molecule has 1 aromatic carbocycles. The van der Waals surface area contributed by atoms with Crippen molar-refractivity contribution in [1.82, 2.24) is 5.32 Å². The van der Waals surface area contributed by atoms with Gasteiger partial charge in [-0.1, -0.05) is 15.9 Å². The molecule has 0 bridgehead atoms. The number of nitrogens with two attached hydrogens (primary N) is 1. The third kappa shape index (κ3) is 3.32. The molecule has 3 nitrogen and oxygen atoms in total. The van der Waals surface area contributed by atoms with Crippen LogP contribution in [0.1, 0.15) is 35.2 Å². The molecule has 0 aliphatic heterocycles. The lowest BCUT2D eigenvalue weighted by molar-refractivity contribution is -0.138. The molecule has 3 N–H and O–H groups in total. The van der Waals surface area contributed by atoms with Crippen LogP contribution < -0.4 is 11.1 Å². The lowest BCUT2D eigenvalue weighted by Crippen LogP contribution is -2.44. The van der Waals surface area contributed by atoms with E-state index in [1.807, 2.05) is 0 Å². The summed E-state index contributed by atoms with van der Waals surface area (Å²) in [5.41, 5.74) is 4.49. The second-order valence-corrected chi connectivity index (χ2v) is 5.78. The SMILES string of the molecule is NC1CCCC1NC(=O)c1ccc(Br)cc1C(F)(F)F. The van der Waals surface area contributed by atoms with Gasteiger partial charge in [-0.25, -0.2) is 0 Å². The topological polar surface area (TPSA) is 55.1 Å². The Labute approximate surface area is 122 Å². The maximum absolute atomic E-state index is 13.0. The number of carbonyl (C=O) groups is 1. The van der Waals surface area contributed by atoms with Gasteiger partial charge in [-0.15, -0.1) is 0 Å². The molecule has 0 saturated heterocycles. The molecule has 20 heavy (non-hydrogen) atoms. The van der Waals surface area contributed by atoms with Gasteiger partial charge in [0.1, 0.15) is 0 Å².